The molecule has 1 aromatic rings. The molecule has 2 fully saturated rings. The molecule has 0 amide bonds. The molecule has 0 aromatic heterocycles. The van der Waals surface area contributed by atoms with E-state index in [0.29, 0.717) is 11.8 Å². The van der Waals surface area contributed by atoms with Gasteiger partial charge in [0.2, 0.25) is 0 Å². The average molecular weight is 339 g/mol. The largest absolute Gasteiger partial charge is 0.508 e. The predicted octanol–water partition coefficient (Wildman–Crippen LogP) is 3.12. The molecule has 4 heteroatoms. The molecule has 1 aliphatic carbocycles. The van der Waals surface area contributed by atoms with Crippen molar-refractivity contribution in [1.29, 1.82) is 0 Å². The van der Waals surface area contributed by atoms with Crippen LogP contribution in [0.2, 0.25) is 0 Å². The summed E-state index contributed by atoms with van der Waals surface area (Å²) in [5.41, 5.74) is 1.02. The fourth-order valence-corrected chi connectivity index (χ4v) is 3.28. The number of aromatic hydroxyl groups is 1. The van der Waals surface area contributed by atoms with Crippen LogP contribution >= 0.6 is 15.9 Å². The monoisotopic (exact) mass is 338 g/mol. The van der Waals surface area contributed by atoms with E-state index >= 15 is 0 Å². The van der Waals surface area contributed by atoms with Gasteiger partial charge in [0, 0.05) is 22.6 Å². The van der Waals surface area contributed by atoms with Gasteiger partial charge in [-0.25, -0.2) is 0 Å². The van der Waals surface area contributed by atoms with Gasteiger partial charge in [0.15, 0.2) is 0 Å². The second kappa shape index (κ2) is 6.46. The van der Waals surface area contributed by atoms with Gasteiger partial charge in [-0.1, -0.05) is 15.9 Å². The summed E-state index contributed by atoms with van der Waals surface area (Å²) in [6.45, 7) is 4.31. The Hall–Kier alpha value is -0.580. The number of piperidine rings is 1. The SMILES string of the molecule is Oc1ccc(Br)cc1CN1CCC(NCC2CC2)CC1. The maximum atomic E-state index is 9.91. The van der Waals surface area contributed by atoms with Crippen LogP contribution in [0.15, 0.2) is 22.7 Å². The normalized spacial score (nSPS) is 21.2. The Morgan fingerprint density at radius 3 is 2.65 bits per heavy atom. The molecule has 1 aliphatic heterocycles. The topological polar surface area (TPSA) is 35.5 Å². The molecular weight excluding hydrogens is 316 g/mol. The van der Waals surface area contributed by atoms with Crippen LogP contribution in [0.1, 0.15) is 31.2 Å². The van der Waals surface area contributed by atoms with Gasteiger partial charge in [0.1, 0.15) is 5.75 Å². The zero-order chi connectivity index (χ0) is 13.9. The van der Waals surface area contributed by atoms with Gasteiger partial charge in [0.05, 0.1) is 0 Å². The van der Waals surface area contributed by atoms with E-state index in [4.69, 9.17) is 0 Å². The third kappa shape index (κ3) is 3.96. The molecule has 0 unspecified atom stereocenters. The summed E-state index contributed by atoms with van der Waals surface area (Å²) in [7, 11) is 0. The Morgan fingerprint density at radius 1 is 1.20 bits per heavy atom. The van der Waals surface area contributed by atoms with Crippen LogP contribution in [-0.2, 0) is 6.54 Å². The molecule has 3 nitrogen and oxygen atoms in total. The van der Waals surface area contributed by atoms with Gasteiger partial charge in [0.25, 0.3) is 0 Å². The number of halogens is 1. The average Bonchev–Trinajstić information content (AvgIpc) is 3.26. The lowest BCUT2D eigenvalue weighted by Crippen LogP contribution is -2.42. The van der Waals surface area contributed by atoms with Crippen molar-refractivity contribution in [1.82, 2.24) is 10.2 Å². The molecule has 0 atom stereocenters. The van der Waals surface area contributed by atoms with Crippen molar-refractivity contribution in [2.75, 3.05) is 19.6 Å². The molecule has 1 heterocycles. The lowest BCUT2D eigenvalue weighted by atomic mass is 10.0. The number of phenols is 1. The van der Waals surface area contributed by atoms with Gasteiger partial charge in [-0.3, -0.25) is 4.90 Å². The van der Waals surface area contributed by atoms with E-state index in [9.17, 15) is 5.11 Å². The zero-order valence-corrected chi connectivity index (χ0v) is 13.4. The van der Waals surface area contributed by atoms with E-state index < -0.39 is 0 Å². The van der Waals surface area contributed by atoms with E-state index in [1.807, 2.05) is 12.1 Å². The molecule has 2 N–H and O–H groups in total. The summed E-state index contributed by atoms with van der Waals surface area (Å²) in [5, 5.41) is 13.6. The Labute approximate surface area is 129 Å². The summed E-state index contributed by atoms with van der Waals surface area (Å²) in [6.07, 6.45) is 5.30. The van der Waals surface area contributed by atoms with E-state index in [1.165, 1.54) is 32.2 Å². The highest BCUT2D eigenvalue weighted by Gasteiger charge is 2.24. The Bertz CT molecular complexity index is 454. The number of nitrogens with zero attached hydrogens (tertiary/aromatic N) is 1. The smallest absolute Gasteiger partial charge is 0.120 e. The lowest BCUT2D eigenvalue weighted by molar-refractivity contribution is 0.188. The quantitative estimate of drug-likeness (QED) is 0.865. The van der Waals surface area contributed by atoms with Crippen LogP contribution in [0, 0.1) is 5.92 Å². The number of rotatable bonds is 5. The molecule has 110 valence electrons. The molecule has 1 saturated carbocycles. The summed E-state index contributed by atoms with van der Waals surface area (Å²) in [4.78, 5) is 2.44. The van der Waals surface area contributed by atoms with Crippen LogP contribution in [0.4, 0.5) is 0 Å². The maximum Gasteiger partial charge on any atom is 0.120 e. The number of likely N-dealkylation sites (tertiary alicyclic amines) is 1. The maximum absolute atomic E-state index is 9.91. The van der Waals surface area contributed by atoms with Gasteiger partial charge in [-0.05, 0) is 69.4 Å². The van der Waals surface area contributed by atoms with Crippen molar-refractivity contribution in [2.24, 2.45) is 5.92 Å². The predicted molar refractivity (Wildman–Crippen MR) is 84.8 cm³/mol. The van der Waals surface area contributed by atoms with Crippen molar-refractivity contribution in [3.8, 4) is 5.75 Å². The van der Waals surface area contributed by atoms with Crippen LogP contribution in [0.3, 0.4) is 0 Å². The minimum Gasteiger partial charge on any atom is -0.508 e. The minimum atomic E-state index is 0.405. The molecule has 1 saturated heterocycles. The number of hydrogen-bond acceptors (Lipinski definition) is 3. The second-order valence-electron chi connectivity index (χ2n) is 6.18. The first kappa shape index (κ1) is 14.4. The summed E-state index contributed by atoms with van der Waals surface area (Å²) in [5.74, 6) is 1.37. The lowest BCUT2D eigenvalue weighted by Gasteiger charge is -2.32. The van der Waals surface area contributed by atoms with E-state index in [1.54, 1.807) is 6.07 Å². The standard InChI is InChI=1S/C16H23BrN2O/c17-14-3-4-16(20)13(9-14)11-19-7-5-15(6-8-19)18-10-12-1-2-12/h3-4,9,12,15,18,20H,1-2,5-8,10-11H2. The summed E-state index contributed by atoms with van der Waals surface area (Å²) in [6, 6.07) is 6.37. The second-order valence-corrected chi connectivity index (χ2v) is 7.09. The Kier molecular flexibility index (Phi) is 4.64. The first-order chi connectivity index (χ1) is 9.70. The van der Waals surface area contributed by atoms with Crippen LogP contribution in [-0.4, -0.2) is 35.7 Å². The number of nitrogens with one attached hydrogen (secondary N) is 1. The summed E-state index contributed by atoms with van der Waals surface area (Å²) < 4.78 is 1.03. The molecule has 3 rings (SSSR count). The van der Waals surface area contributed by atoms with Gasteiger partial charge in [-0.15, -0.1) is 0 Å². The number of phenolic OH excluding ortho intramolecular Hbond substituents is 1. The third-order valence-electron chi connectivity index (χ3n) is 4.42. The highest BCUT2D eigenvalue weighted by atomic mass is 79.9. The molecular formula is C16H23BrN2O. The first-order valence-electron chi connectivity index (χ1n) is 7.64. The van der Waals surface area contributed by atoms with Gasteiger partial charge >= 0.3 is 0 Å². The molecule has 0 spiro atoms. The number of benzene rings is 1. The van der Waals surface area contributed by atoms with Crippen molar-refractivity contribution in [3.05, 3.63) is 28.2 Å². The minimum absolute atomic E-state index is 0.405. The van der Waals surface area contributed by atoms with Crippen LogP contribution in [0.5, 0.6) is 5.75 Å². The molecule has 1 aromatic carbocycles. The van der Waals surface area contributed by atoms with E-state index in [2.05, 4.69) is 26.1 Å². The first-order valence-corrected chi connectivity index (χ1v) is 8.43. The van der Waals surface area contributed by atoms with Gasteiger partial charge in [-0.2, -0.15) is 0 Å². The highest BCUT2D eigenvalue weighted by molar-refractivity contribution is 9.10. The third-order valence-corrected chi connectivity index (χ3v) is 4.91. The van der Waals surface area contributed by atoms with Gasteiger partial charge < -0.3 is 10.4 Å². The Balaban J connectivity index is 1.46. The molecule has 0 bridgehead atoms. The van der Waals surface area contributed by atoms with Crippen molar-refractivity contribution >= 4 is 15.9 Å². The van der Waals surface area contributed by atoms with Crippen molar-refractivity contribution in [2.45, 2.75) is 38.3 Å². The zero-order valence-electron chi connectivity index (χ0n) is 11.8. The molecule has 2 aliphatic rings. The Morgan fingerprint density at radius 2 is 1.95 bits per heavy atom. The molecule has 20 heavy (non-hydrogen) atoms. The highest BCUT2D eigenvalue weighted by Crippen LogP contribution is 2.28. The van der Waals surface area contributed by atoms with Crippen molar-refractivity contribution in [3.63, 3.8) is 0 Å². The summed E-state index contributed by atoms with van der Waals surface area (Å²) >= 11 is 3.47. The number of hydrogen-bond donors (Lipinski definition) is 2. The fourth-order valence-electron chi connectivity index (χ4n) is 2.87. The van der Waals surface area contributed by atoms with E-state index in [-0.39, 0.29) is 0 Å². The van der Waals surface area contributed by atoms with Crippen molar-refractivity contribution < 1.29 is 5.11 Å². The fraction of sp³-hybridized carbons (Fsp3) is 0.625. The van der Waals surface area contributed by atoms with E-state index in [0.717, 1.165) is 35.6 Å². The van der Waals surface area contributed by atoms with Crippen LogP contribution in [0.25, 0.3) is 0 Å². The molecule has 0 radical (unpaired) electrons. The van der Waals surface area contributed by atoms with Crippen LogP contribution < -0.4 is 5.32 Å².